The van der Waals surface area contributed by atoms with Gasteiger partial charge in [0.2, 0.25) is 5.91 Å². The molecule has 0 aliphatic carbocycles. The third-order valence-corrected chi connectivity index (χ3v) is 6.36. The van der Waals surface area contributed by atoms with Crippen LogP contribution in [0.3, 0.4) is 0 Å². The lowest BCUT2D eigenvalue weighted by molar-refractivity contribution is -0.135. The number of fused-ring (bicyclic) bond motifs is 1. The number of ether oxygens (including phenoxy) is 1. The summed E-state index contributed by atoms with van der Waals surface area (Å²) >= 11 is 1.69. The Kier molecular flexibility index (Phi) is 8.50. The van der Waals surface area contributed by atoms with Gasteiger partial charge in [-0.3, -0.25) is 4.79 Å². The zero-order chi connectivity index (χ0) is 23.1. The highest BCUT2D eigenvalue weighted by molar-refractivity contribution is 7.10. The molecule has 0 spiro atoms. The molecule has 3 rings (SSSR count). The van der Waals surface area contributed by atoms with Crippen LogP contribution in [0.15, 0.2) is 35.7 Å². The number of halogens is 1. The fourth-order valence-corrected chi connectivity index (χ4v) is 4.77. The average Bonchev–Trinajstić information content (AvgIpc) is 3.25. The molecule has 0 saturated heterocycles. The van der Waals surface area contributed by atoms with Crippen LogP contribution in [0.2, 0.25) is 0 Å². The van der Waals surface area contributed by atoms with Crippen molar-refractivity contribution in [2.24, 2.45) is 5.92 Å². The van der Waals surface area contributed by atoms with E-state index in [1.807, 2.05) is 37.1 Å². The second kappa shape index (κ2) is 11.3. The largest absolute Gasteiger partial charge is 0.491 e. The van der Waals surface area contributed by atoms with Gasteiger partial charge in [-0.15, -0.1) is 11.3 Å². The number of nitrogens with one attached hydrogen (secondary N) is 1. The molecule has 1 N–H and O–H groups in total. The molecule has 1 aliphatic rings. The van der Waals surface area contributed by atoms with Crippen molar-refractivity contribution in [3.8, 4) is 5.75 Å². The first-order chi connectivity index (χ1) is 15.4. The minimum Gasteiger partial charge on any atom is -0.491 e. The van der Waals surface area contributed by atoms with Gasteiger partial charge < -0.3 is 19.9 Å². The number of hydrogen-bond donors (Lipinski definition) is 1. The Hall–Kier alpha value is -2.61. The molecule has 2 heterocycles. The molecule has 32 heavy (non-hydrogen) atoms. The fraction of sp³-hybridized carbons (Fsp3) is 0.500. The molecule has 0 bridgehead atoms. The summed E-state index contributed by atoms with van der Waals surface area (Å²) in [5, 5.41) is 4.92. The average molecular weight is 462 g/mol. The van der Waals surface area contributed by atoms with E-state index in [-0.39, 0.29) is 42.9 Å². The van der Waals surface area contributed by atoms with Crippen LogP contribution in [0, 0.1) is 11.7 Å². The van der Waals surface area contributed by atoms with E-state index >= 15 is 0 Å². The molecule has 174 valence electrons. The number of amides is 3. The quantitative estimate of drug-likeness (QED) is 0.599. The third kappa shape index (κ3) is 6.22. The van der Waals surface area contributed by atoms with E-state index < -0.39 is 0 Å². The molecule has 1 atom stereocenters. The SMILES string of the molecule is CCCNC(=O)N(CC(=O)N1CCc2sccc2C1COc1ccc(F)cc1)CC(C)C. The van der Waals surface area contributed by atoms with Crippen LogP contribution in [0.1, 0.15) is 43.7 Å². The van der Waals surface area contributed by atoms with Gasteiger partial charge in [0, 0.05) is 24.5 Å². The van der Waals surface area contributed by atoms with Gasteiger partial charge in [0.15, 0.2) is 0 Å². The normalized spacial score (nSPS) is 15.4. The van der Waals surface area contributed by atoms with Gasteiger partial charge in [-0.05, 0) is 60.0 Å². The molecule has 6 nitrogen and oxygen atoms in total. The summed E-state index contributed by atoms with van der Waals surface area (Å²) in [5.41, 5.74) is 1.09. The molecule has 2 aromatic rings. The number of carbonyl (C=O) groups is 2. The number of benzene rings is 1. The standard InChI is InChI=1S/C24H32FN3O3S/c1-4-11-26-24(30)27(14-17(2)3)15-23(29)28-12-9-22-20(10-13-32-22)21(28)16-31-19-7-5-18(25)6-8-19/h5-8,10,13,17,21H,4,9,11-12,14-16H2,1-3H3,(H,26,30). The van der Waals surface area contributed by atoms with E-state index in [4.69, 9.17) is 4.74 Å². The highest BCUT2D eigenvalue weighted by Gasteiger charge is 2.33. The molecule has 0 radical (unpaired) electrons. The second-order valence-corrected chi connectivity index (χ2v) is 9.42. The predicted octanol–water partition coefficient (Wildman–Crippen LogP) is 4.47. The smallest absolute Gasteiger partial charge is 0.317 e. The first kappa shape index (κ1) is 24.0. The summed E-state index contributed by atoms with van der Waals surface area (Å²) < 4.78 is 19.1. The molecule has 1 unspecified atom stereocenters. The lowest BCUT2D eigenvalue weighted by atomic mass is 10.0. The maximum absolute atomic E-state index is 13.4. The number of hydrogen-bond acceptors (Lipinski definition) is 4. The lowest BCUT2D eigenvalue weighted by Crippen LogP contribution is -2.50. The van der Waals surface area contributed by atoms with Crippen molar-refractivity contribution in [2.45, 2.75) is 39.7 Å². The second-order valence-electron chi connectivity index (χ2n) is 8.42. The minimum absolute atomic E-state index is 0.0280. The van der Waals surface area contributed by atoms with Crippen molar-refractivity contribution < 1.29 is 18.7 Å². The van der Waals surface area contributed by atoms with Gasteiger partial charge in [0.05, 0.1) is 6.04 Å². The molecule has 3 amide bonds. The molecular weight excluding hydrogens is 429 g/mol. The molecule has 1 aliphatic heterocycles. The van der Waals surface area contributed by atoms with Crippen LogP contribution in [0.25, 0.3) is 0 Å². The zero-order valence-electron chi connectivity index (χ0n) is 19.0. The number of rotatable bonds is 9. The lowest BCUT2D eigenvalue weighted by Gasteiger charge is -2.37. The summed E-state index contributed by atoms with van der Waals surface area (Å²) in [6.45, 7) is 8.03. The van der Waals surface area contributed by atoms with Crippen molar-refractivity contribution in [2.75, 3.05) is 32.8 Å². The van der Waals surface area contributed by atoms with Crippen molar-refractivity contribution >= 4 is 23.3 Å². The van der Waals surface area contributed by atoms with E-state index in [9.17, 15) is 14.0 Å². The molecule has 8 heteroatoms. The Morgan fingerprint density at radius 1 is 1.28 bits per heavy atom. The van der Waals surface area contributed by atoms with Crippen LogP contribution in [0.4, 0.5) is 9.18 Å². The Labute approximate surface area is 193 Å². The van der Waals surface area contributed by atoms with Crippen molar-refractivity contribution in [1.29, 1.82) is 0 Å². The first-order valence-electron chi connectivity index (χ1n) is 11.2. The Morgan fingerprint density at radius 2 is 2.03 bits per heavy atom. The monoisotopic (exact) mass is 461 g/mol. The summed E-state index contributed by atoms with van der Waals surface area (Å²) in [7, 11) is 0. The summed E-state index contributed by atoms with van der Waals surface area (Å²) in [6.07, 6.45) is 1.63. The van der Waals surface area contributed by atoms with Crippen molar-refractivity contribution in [1.82, 2.24) is 15.1 Å². The fourth-order valence-electron chi connectivity index (χ4n) is 3.84. The number of thiophene rings is 1. The molecule has 1 aromatic carbocycles. The van der Waals surface area contributed by atoms with Gasteiger partial charge in [0.1, 0.15) is 24.7 Å². The topological polar surface area (TPSA) is 61.9 Å². The Morgan fingerprint density at radius 3 is 2.72 bits per heavy atom. The zero-order valence-corrected chi connectivity index (χ0v) is 19.8. The third-order valence-electron chi connectivity index (χ3n) is 5.36. The maximum atomic E-state index is 13.4. The summed E-state index contributed by atoms with van der Waals surface area (Å²) in [6, 6.07) is 7.46. The van der Waals surface area contributed by atoms with Gasteiger partial charge in [-0.25, -0.2) is 9.18 Å². The molecular formula is C24H32FN3O3S. The van der Waals surface area contributed by atoms with Crippen LogP contribution >= 0.6 is 11.3 Å². The highest BCUT2D eigenvalue weighted by Crippen LogP contribution is 2.34. The number of nitrogens with zero attached hydrogens (tertiary/aromatic N) is 2. The van der Waals surface area contributed by atoms with Crippen LogP contribution in [-0.4, -0.2) is 54.5 Å². The van der Waals surface area contributed by atoms with Gasteiger partial charge in [-0.1, -0.05) is 20.8 Å². The van der Waals surface area contributed by atoms with Gasteiger partial charge >= 0.3 is 6.03 Å². The Balaban J connectivity index is 1.74. The number of carbonyl (C=O) groups excluding carboxylic acids is 2. The molecule has 1 aromatic heterocycles. The van der Waals surface area contributed by atoms with E-state index in [0.717, 1.165) is 18.4 Å². The summed E-state index contributed by atoms with van der Waals surface area (Å²) in [5.74, 6) is 0.388. The van der Waals surface area contributed by atoms with Crippen molar-refractivity contribution in [3.05, 3.63) is 52.0 Å². The highest BCUT2D eigenvalue weighted by atomic mass is 32.1. The summed E-state index contributed by atoms with van der Waals surface area (Å²) in [4.78, 5) is 30.7. The molecule has 0 saturated carbocycles. The van der Waals surface area contributed by atoms with E-state index in [1.165, 1.54) is 17.0 Å². The van der Waals surface area contributed by atoms with Crippen LogP contribution in [0.5, 0.6) is 5.75 Å². The predicted molar refractivity (Wildman–Crippen MR) is 124 cm³/mol. The van der Waals surface area contributed by atoms with E-state index in [2.05, 4.69) is 5.32 Å². The first-order valence-corrected chi connectivity index (χ1v) is 12.0. The van der Waals surface area contributed by atoms with Crippen molar-refractivity contribution in [3.63, 3.8) is 0 Å². The van der Waals surface area contributed by atoms with E-state index in [1.54, 1.807) is 28.4 Å². The number of urea groups is 1. The van der Waals surface area contributed by atoms with Gasteiger partial charge in [0.25, 0.3) is 0 Å². The van der Waals surface area contributed by atoms with Gasteiger partial charge in [-0.2, -0.15) is 0 Å². The Bertz CT molecular complexity index is 900. The maximum Gasteiger partial charge on any atom is 0.317 e. The van der Waals surface area contributed by atoms with E-state index in [0.29, 0.717) is 25.4 Å². The van der Waals surface area contributed by atoms with Crippen LogP contribution in [-0.2, 0) is 11.2 Å². The van der Waals surface area contributed by atoms with Crippen LogP contribution < -0.4 is 10.1 Å². The molecule has 0 fully saturated rings. The minimum atomic E-state index is -0.321.